The average molecular weight is 357 g/mol. The molecule has 0 aliphatic carbocycles. The molecule has 0 radical (unpaired) electrons. The number of hydrogen-bond donors (Lipinski definition) is 1. The van der Waals surface area contributed by atoms with Crippen molar-refractivity contribution >= 4 is 23.7 Å². The first kappa shape index (κ1) is 17.1. The van der Waals surface area contributed by atoms with Crippen LogP contribution in [0.15, 0.2) is 33.6 Å². The predicted octanol–water partition coefficient (Wildman–Crippen LogP) is 3.95. The number of amides is 1. The molecule has 2 aromatic rings. The van der Waals surface area contributed by atoms with E-state index in [4.69, 9.17) is 0 Å². The highest BCUT2D eigenvalue weighted by Gasteiger charge is 2.38. The molecule has 1 aromatic carbocycles. The Morgan fingerprint density at radius 2 is 1.83 bits per heavy atom. The third kappa shape index (κ3) is 4.87. The van der Waals surface area contributed by atoms with Crippen LogP contribution in [0.25, 0.3) is 0 Å². The van der Waals surface area contributed by atoms with Gasteiger partial charge in [-0.25, -0.2) is 0 Å². The first-order chi connectivity index (χ1) is 10.5. The monoisotopic (exact) mass is 357 g/mol. The number of nitrogens with one attached hydrogen (secondary N) is 1. The largest absolute Gasteiger partial charge is 0.470 e. The minimum Gasteiger partial charge on any atom is -0.399 e. The Balaban J connectivity index is 2.12. The van der Waals surface area contributed by atoms with Crippen LogP contribution in [-0.4, -0.2) is 21.6 Å². The number of thioether (sulfide) groups is 1. The highest BCUT2D eigenvalue weighted by atomic mass is 32.2. The molecule has 0 saturated carbocycles. The van der Waals surface area contributed by atoms with Gasteiger partial charge in [0.2, 0.25) is 0 Å². The second-order valence-corrected chi connectivity index (χ2v) is 5.08. The molecule has 2 rings (SSSR count). The van der Waals surface area contributed by atoms with Gasteiger partial charge in [0.05, 0.1) is 0 Å². The Kier molecular flexibility index (Phi) is 4.54. The van der Waals surface area contributed by atoms with Crippen LogP contribution in [0.4, 0.5) is 32.4 Å². The van der Waals surface area contributed by atoms with Gasteiger partial charge in [-0.2, -0.15) is 26.3 Å². The summed E-state index contributed by atoms with van der Waals surface area (Å²) in [5.41, 5.74) is -4.76. The molecular weight excluding hydrogens is 352 g/mol. The van der Waals surface area contributed by atoms with Crippen LogP contribution in [0.1, 0.15) is 16.2 Å². The van der Waals surface area contributed by atoms with E-state index in [2.05, 4.69) is 14.6 Å². The first-order valence-electron chi connectivity index (χ1n) is 5.62. The molecule has 1 heterocycles. The molecule has 124 valence electrons. The van der Waals surface area contributed by atoms with Crippen LogP contribution in [0.3, 0.4) is 0 Å². The molecule has 0 bridgehead atoms. The number of halogens is 6. The van der Waals surface area contributed by atoms with E-state index in [9.17, 15) is 31.1 Å². The molecule has 0 aliphatic rings. The zero-order chi connectivity index (χ0) is 17.3. The van der Waals surface area contributed by atoms with Crippen molar-refractivity contribution in [2.45, 2.75) is 16.6 Å². The molecular formula is C11H5F6N3O2S. The number of carbonyl (C=O) groups excluding carboxylic acids is 1. The van der Waals surface area contributed by atoms with Gasteiger partial charge in [-0.05, 0) is 30.0 Å². The van der Waals surface area contributed by atoms with Gasteiger partial charge >= 0.3 is 23.6 Å². The Bertz CT molecular complexity index is 712. The van der Waals surface area contributed by atoms with Gasteiger partial charge in [-0.3, -0.25) is 10.1 Å². The summed E-state index contributed by atoms with van der Waals surface area (Å²) in [5, 5.41) is 7.54. The molecule has 0 spiro atoms. The van der Waals surface area contributed by atoms with Gasteiger partial charge in [0.1, 0.15) is 0 Å². The second kappa shape index (κ2) is 6.10. The van der Waals surface area contributed by atoms with Crippen LogP contribution in [0.5, 0.6) is 0 Å². The molecule has 0 unspecified atom stereocenters. The number of aromatic nitrogens is 2. The first-order valence-corrected chi connectivity index (χ1v) is 6.44. The minimum atomic E-state index is -4.88. The van der Waals surface area contributed by atoms with E-state index in [0.29, 0.717) is 0 Å². The van der Waals surface area contributed by atoms with E-state index in [1.54, 1.807) is 0 Å². The predicted molar refractivity (Wildman–Crippen MR) is 65.6 cm³/mol. The van der Waals surface area contributed by atoms with Crippen molar-refractivity contribution in [3.05, 3.63) is 35.7 Å². The van der Waals surface area contributed by atoms with Crippen molar-refractivity contribution in [1.29, 1.82) is 0 Å². The van der Waals surface area contributed by atoms with E-state index in [1.807, 2.05) is 5.32 Å². The van der Waals surface area contributed by atoms with Gasteiger partial charge in [0.25, 0.3) is 5.91 Å². The van der Waals surface area contributed by atoms with Crippen LogP contribution in [0.2, 0.25) is 0 Å². The second-order valence-electron chi connectivity index (χ2n) is 3.94. The summed E-state index contributed by atoms with van der Waals surface area (Å²) in [4.78, 5) is 11.5. The summed E-state index contributed by atoms with van der Waals surface area (Å²) >= 11 is -0.434. The molecule has 23 heavy (non-hydrogen) atoms. The fourth-order valence-electron chi connectivity index (χ4n) is 1.39. The summed E-state index contributed by atoms with van der Waals surface area (Å²) < 4.78 is 77.7. The van der Waals surface area contributed by atoms with Crippen molar-refractivity contribution < 1.29 is 35.6 Å². The van der Waals surface area contributed by atoms with E-state index < -0.39 is 41.3 Å². The third-order valence-electron chi connectivity index (χ3n) is 2.22. The lowest BCUT2D eigenvalue weighted by molar-refractivity contribution is -0.156. The maximum absolute atomic E-state index is 12.3. The zero-order valence-electron chi connectivity index (χ0n) is 10.7. The maximum atomic E-state index is 12.3. The third-order valence-corrected chi connectivity index (χ3v) is 2.94. The average Bonchev–Trinajstić information content (AvgIpc) is 2.85. The quantitative estimate of drug-likeness (QED) is 0.665. The van der Waals surface area contributed by atoms with Gasteiger partial charge in [0, 0.05) is 10.5 Å². The number of benzene rings is 1. The summed E-state index contributed by atoms with van der Waals surface area (Å²) in [6.07, 6.45) is -4.88. The fourth-order valence-corrected chi connectivity index (χ4v) is 1.99. The van der Waals surface area contributed by atoms with E-state index in [0.717, 1.165) is 12.1 Å². The highest BCUT2D eigenvalue weighted by Crippen LogP contribution is 2.37. The molecule has 12 heteroatoms. The van der Waals surface area contributed by atoms with Crippen molar-refractivity contribution in [3.63, 3.8) is 0 Å². The molecule has 1 N–H and O–H groups in total. The Hall–Kier alpha value is -2.24. The number of carbonyl (C=O) groups is 1. The maximum Gasteiger partial charge on any atom is 0.470 e. The van der Waals surface area contributed by atoms with Crippen molar-refractivity contribution in [3.8, 4) is 0 Å². The van der Waals surface area contributed by atoms with Gasteiger partial charge < -0.3 is 4.42 Å². The summed E-state index contributed by atoms with van der Waals surface area (Å²) in [6, 6.07) is 3.60. The molecule has 0 fully saturated rings. The lowest BCUT2D eigenvalue weighted by atomic mass is 10.2. The Morgan fingerprint density at radius 1 is 1.13 bits per heavy atom. The summed E-state index contributed by atoms with van der Waals surface area (Å²) in [5.74, 6) is -2.65. The topological polar surface area (TPSA) is 68.0 Å². The standard InChI is InChI=1S/C11H5F6N3O2S/c12-10(13,14)8-19-20-9(22-8)18-7(21)5-2-1-3-6(4-5)23-11(15,16)17/h1-4H,(H,18,20,21). The van der Waals surface area contributed by atoms with Gasteiger partial charge in [-0.1, -0.05) is 11.2 Å². The fraction of sp³-hybridized carbons (Fsp3) is 0.182. The highest BCUT2D eigenvalue weighted by molar-refractivity contribution is 8.00. The summed E-state index contributed by atoms with van der Waals surface area (Å²) in [7, 11) is 0. The van der Waals surface area contributed by atoms with E-state index in [1.165, 1.54) is 12.1 Å². The van der Waals surface area contributed by atoms with Crippen LogP contribution < -0.4 is 5.32 Å². The molecule has 0 saturated heterocycles. The van der Waals surface area contributed by atoms with Crippen molar-refractivity contribution in [2.75, 3.05) is 5.32 Å². The lowest BCUT2D eigenvalue weighted by Crippen LogP contribution is -2.12. The molecule has 0 atom stereocenters. The number of anilines is 1. The van der Waals surface area contributed by atoms with Crippen molar-refractivity contribution in [1.82, 2.24) is 10.2 Å². The number of hydrogen-bond acceptors (Lipinski definition) is 5. The SMILES string of the molecule is O=C(Nc1nnc(C(F)(F)F)o1)c1cccc(SC(F)(F)F)c1. The Labute approximate surface area is 128 Å². The van der Waals surface area contributed by atoms with E-state index >= 15 is 0 Å². The minimum absolute atomic E-state index is 0.217. The van der Waals surface area contributed by atoms with E-state index in [-0.39, 0.29) is 10.5 Å². The number of nitrogens with zero attached hydrogens (tertiary/aromatic N) is 2. The van der Waals surface area contributed by atoms with Crippen LogP contribution in [-0.2, 0) is 6.18 Å². The lowest BCUT2D eigenvalue weighted by Gasteiger charge is -2.07. The Morgan fingerprint density at radius 3 is 2.39 bits per heavy atom. The van der Waals surface area contributed by atoms with Crippen molar-refractivity contribution in [2.24, 2.45) is 0 Å². The number of alkyl halides is 6. The van der Waals surface area contributed by atoms with Gasteiger partial charge in [-0.15, -0.1) is 5.10 Å². The van der Waals surface area contributed by atoms with Crippen LogP contribution in [0, 0.1) is 0 Å². The molecule has 1 amide bonds. The zero-order valence-corrected chi connectivity index (χ0v) is 11.5. The number of rotatable bonds is 3. The summed E-state index contributed by atoms with van der Waals surface area (Å²) in [6.45, 7) is 0. The normalized spacial score (nSPS) is 12.3. The smallest absolute Gasteiger partial charge is 0.399 e. The molecule has 5 nitrogen and oxygen atoms in total. The molecule has 0 aliphatic heterocycles. The van der Waals surface area contributed by atoms with Gasteiger partial charge in [0.15, 0.2) is 0 Å². The molecule has 1 aromatic heterocycles. The van der Waals surface area contributed by atoms with Crippen LogP contribution >= 0.6 is 11.8 Å².